The van der Waals surface area contributed by atoms with Gasteiger partial charge in [0.2, 0.25) is 0 Å². The number of pyridine rings is 1. The van der Waals surface area contributed by atoms with Gasteiger partial charge < -0.3 is 5.11 Å². The number of nitrogens with zero attached hydrogens (tertiary/aromatic N) is 1. The van der Waals surface area contributed by atoms with E-state index in [2.05, 4.69) is 32.7 Å². The van der Waals surface area contributed by atoms with Gasteiger partial charge in [-0.3, -0.25) is 4.98 Å². The fraction of sp³-hybridized carbons (Fsp3) is 0.583. The van der Waals surface area contributed by atoms with Crippen molar-refractivity contribution in [1.29, 1.82) is 0 Å². The van der Waals surface area contributed by atoms with Crippen LogP contribution in [0.1, 0.15) is 57.2 Å². The lowest BCUT2D eigenvalue weighted by atomic mass is 10.00. The van der Waals surface area contributed by atoms with Crippen molar-refractivity contribution in [3.8, 4) is 5.75 Å². The Labute approximate surface area is 86.0 Å². The summed E-state index contributed by atoms with van der Waals surface area (Å²) in [6, 6.07) is 1.80. The molecule has 0 fully saturated rings. The van der Waals surface area contributed by atoms with Crippen LogP contribution in [0.25, 0.3) is 0 Å². The molecule has 78 valence electrons. The average molecular weight is 193 g/mol. The van der Waals surface area contributed by atoms with Crippen molar-refractivity contribution >= 4 is 0 Å². The van der Waals surface area contributed by atoms with Gasteiger partial charge in [0, 0.05) is 23.5 Å². The largest absolute Gasteiger partial charge is 0.508 e. The van der Waals surface area contributed by atoms with Gasteiger partial charge in [-0.1, -0.05) is 27.7 Å². The summed E-state index contributed by atoms with van der Waals surface area (Å²) in [5.74, 6) is 1.13. The van der Waals surface area contributed by atoms with Crippen LogP contribution in [0.5, 0.6) is 5.75 Å². The lowest BCUT2D eigenvalue weighted by molar-refractivity contribution is 0.461. The Morgan fingerprint density at radius 3 is 2.43 bits per heavy atom. The fourth-order valence-electron chi connectivity index (χ4n) is 1.39. The normalized spacial score (nSPS) is 13.2. The molecule has 0 spiro atoms. The van der Waals surface area contributed by atoms with E-state index in [0.717, 1.165) is 17.7 Å². The smallest absolute Gasteiger partial charge is 0.122 e. The van der Waals surface area contributed by atoms with Crippen LogP contribution in [0.2, 0.25) is 0 Å². The summed E-state index contributed by atoms with van der Waals surface area (Å²) >= 11 is 0. The minimum Gasteiger partial charge on any atom is -0.508 e. The molecule has 2 heteroatoms. The molecule has 2 nitrogen and oxygen atoms in total. The molecule has 1 atom stereocenters. The molecule has 0 radical (unpaired) electrons. The van der Waals surface area contributed by atoms with Crippen LogP contribution >= 0.6 is 0 Å². The van der Waals surface area contributed by atoms with Gasteiger partial charge in [0.25, 0.3) is 0 Å². The third-order valence-corrected chi connectivity index (χ3v) is 2.67. The van der Waals surface area contributed by atoms with Crippen LogP contribution in [0.3, 0.4) is 0 Å². The lowest BCUT2D eigenvalue weighted by Crippen LogP contribution is -1.98. The average Bonchev–Trinajstić information content (AvgIpc) is 2.15. The molecule has 0 aliphatic carbocycles. The lowest BCUT2D eigenvalue weighted by Gasteiger charge is -2.12. The van der Waals surface area contributed by atoms with Gasteiger partial charge in [-0.05, 0) is 18.3 Å². The Morgan fingerprint density at radius 2 is 2.00 bits per heavy atom. The quantitative estimate of drug-likeness (QED) is 0.797. The van der Waals surface area contributed by atoms with Gasteiger partial charge in [0.1, 0.15) is 5.75 Å². The van der Waals surface area contributed by atoms with Crippen molar-refractivity contribution in [1.82, 2.24) is 4.98 Å². The van der Waals surface area contributed by atoms with E-state index in [1.807, 2.05) is 0 Å². The first-order valence-corrected chi connectivity index (χ1v) is 5.25. The fourth-order valence-corrected chi connectivity index (χ4v) is 1.39. The number of aromatic nitrogens is 1. The molecule has 0 aliphatic heterocycles. The van der Waals surface area contributed by atoms with Gasteiger partial charge in [0.05, 0.1) is 0 Å². The van der Waals surface area contributed by atoms with E-state index in [9.17, 15) is 5.11 Å². The highest BCUT2D eigenvalue weighted by Gasteiger charge is 2.10. The van der Waals surface area contributed by atoms with Crippen LogP contribution in [-0.2, 0) is 0 Å². The van der Waals surface area contributed by atoms with Crippen LogP contribution in [0.4, 0.5) is 0 Å². The molecule has 0 amide bonds. The van der Waals surface area contributed by atoms with Gasteiger partial charge in [0.15, 0.2) is 0 Å². The Morgan fingerprint density at radius 1 is 1.36 bits per heavy atom. The van der Waals surface area contributed by atoms with E-state index >= 15 is 0 Å². The molecular weight excluding hydrogens is 174 g/mol. The van der Waals surface area contributed by atoms with Gasteiger partial charge >= 0.3 is 0 Å². The van der Waals surface area contributed by atoms with E-state index in [1.54, 1.807) is 12.3 Å². The first-order valence-electron chi connectivity index (χ1n) is 5.25. The number of rotatable bonds is 3. The molecule has 0 saturated carbocycles. The second-order valence-electron chi connectivity index (χ2n) is 4.13. The standard InChI is InChI=1S/C12H19NO/c1-5-9(4)11-6-12(14)10(7-13-11)8(2)3/h6-9H,5H2,1-4H3,(H,13,14). The predicted molar refractivity (Wildman–Crippen MR) is 58.7 cm³/mol. The summed E-state index contributed by atoms with van der Waals surface area (Å²) in [4.78, 5) is 4.37. The van der Waals surface area contributed by atoms with Crippen molar-refractivity contribution in [3.05, 3.63) is 23.5 Å². The van der Waals surface area contributed by atoms with Crippen molar-refractivity contribution in [3.63, 3.8) is 0 Å². The summed E-state index contributed by atoms with van der Waals surface area (Å²) in [5, 5.41) is 9.77. The topological polar surface area (TPSA) is 33.1 Å². The molecular formula is C12H19NO. The molecule has 1 aromatic rings. The molecule has 0 aromatic carbocycles. The SMILES string of the molecule is CCC(C)c1cc(O)c(C(C)C)cn1. The molecule has 0 saturated heterocycles. The van der Waals surface area contributed by atoms with Crippen molar-refractivity contribution in [2.75, 3.05) is 0 Å². The first kappa shape index (κ1) is 11.0. The zero-order valence-corrected chi connectivity index (χ0v) is 9.41. The van der Waals surface area contributed by atoms with Crippen LogP contribution in [0.15, 0.2) is 12.3 Å². The van der Waals surface area contributed by atoms with E-state index in [1.165, 1.54) is 0 Å². The first-order chi connectivity index (χ1) is 6.56. The highest BCUT2D eigenvalue weighted by atomic mass is 16.3. The molecule has 0 aliphatic rings. The van der Waals surface area contributed by atoms with Crippen LogP contribution in [-0.4, -0.2) is 10.1 Å². The number of hydrogen-bond donors (Lipinski definition) is 1. The minimum atomic E-state index is 0.327. The van der Waals surface area contributed by atoms with Crippen molar-refractivity contribution < 1.29 is 5.11 Å². The minimum absolute atomic E-state index is 0.327. The summed E-state index contributed by atoms with van der Waals surface area (Å²) in [7, 11) is 0. The zero-order valence-electron chi connectivity index (χ0n) is 9.41. The summed E-state index contributed by atoms with van der Waals surface area (Å²) in [5.41, 5.74) is 1.91. The van der Waals surface area contributed by atoms with E-state index in [-0.39, 0.29) is 0 Å². The second kappa shape index (κ2) is 4.45. The summed E-state index contributed by atoms with van der Waals surface area (Å²) in [6.45, 7) is 8.36. The monoisotopic (exact) mass is 193 g/mol. The summed E-state index contributed by atoms with van der Waals surface area (Å²) in [6.07, 6.45) is 2.84. The van der Waals surface area contributed by atoms with Gasteiger partial charge in [-0.25, -0.2) is 0 Å². The van der Waals surface area contributed by atoms with Gasteiger partial charge in [-0.2, -0.15) is 0 Å². The Kier molecular flexibility index (Phi) is 3.50. The van der Waals surface area contributed by atoms with Gasteiger partial charge in [-0.15, -0.1) is 0 Å². The molecule has 0 bridgehead atoms. The van der Waals surface area contributed by atoms with Crippen molar-refractivity contribution in [2.45, 2.75) is 46.0 Å². The number of hydrogen-bond acceptors (Lipinski definition) is 2. The Hall–Kier alpha value is -1.05. The van der Waals surface area contributed by atoms with E-state index in [4.69, 9.17) is 0 Å². The number of aromatic hydroxyl groups is 1. The van der Waals surface area contributed by atoms with Crippen molar-refractivity contribution in [2.24, 2.45) is 0 Å². The van der Waals surface area contributed by atoms with E-state index < -0.39 is 0 Å². The Bertz CT molecular complexity index is 307. The maximum absolute atomic E-state index is 9.77. The second-order valence-corrected chi connectivity index (χ2v) is 4.13. The molecule has 1 heterocycles. The third kappa shape index (κ3) is 2.25. The zero-order chi connectivity index (χ0) is 10.7. The maximum Gasteiger partial charge on any atom is 0.122 e. The predicted octanol–water partition coefficient (Wildman–Crippen LogP) is 3.42. The third-order valence-electron chi connectivity index (χ3n) is 2.67. The highest BCUT2D eigenvalue weighted by molar-refractivity contribution is 5.34. The molecule has 1 rings (SSSR count). The van der Waals surface area contributed by atoms with Crippen LogP contribution < -0.4 is 0 Å². The molecule has 1 aromatic heterocycles. The summed E-state index contributed by atoms with van der Waals surface area (Å²) < 4.78 is 0. The molecule has 1 unspecified atom stereocenters. The molecule has 1 N–H and O–H groups in total. The maximum atomic E-state index is 9.77. The highest BCUT2D eigenvalue weighted by Crippen LogP contribution is 2.27. The van der Waals surface area contributed by atoms with E-state index in [0.29, 0.717) is 17.6 Å². The van der Waals surface area contributed by atoms with Crippen LogP contribution in [0, 0.1) is 0 Å². The Balaban J connectivity index is 3.00. The molecule has 14 heavy (non-hydrogen) atoms.